The van der Waals surface area contributed by atoms with Gasteiger partial charge in [0.1, 0.15) is 17.5 Å². The zero-order valence-electron chi connectivity index (χ0n) is 18.5. The molecule has 0 spiro atoms. The molecule has 9 nitrogen and oxygen atoms in total. The maximum Gasteiger partial charge on any atom is 0.324 e. The number of rotatable bonds is 11. The van der Waals surface area contributed by atoms with E-state index in [2.05, 4.69) is 10.0 Å². The van der Waals surface area contributed by atoms with E-state index in [0.29, 0.717) is 23.8 Å². The second-order valence-electron chi connectivity index (χ2n) is 7.10. The van der Waals surface area contributed by atoms with Gasteiger partial charge in [0, 0.05) is 0 Å². The Morgan fingerprint density at radius 2 is 1.69 bits per heavy atom. The van der Waals surface area contributed by atoms with Crippen molar-refractivity contribution in [3.8, 4) is 11.5 Å². The largest absolute Gasteiger partial charge is 0.497 e. The molecule has 32 heavy (non-hydrogen) atoms. The van der Waals surface area contributed by atoms with E-state index in [0.717, 1.165) is 0 Å². The zero-order valence-corrected chi connectivity index (χ0v) is 19.3. The minimum atomic E-state index is -4.00. The fourth-order valence-electron chi connectivity index (χ4n) is 2.71. The van der Waals surface area contributed by atoms with E-state index in [4.69, 9.17) is 14.2 Å². The van der Waals surface area contributed by atoms with Crippen molar-refractivity contribution in [3.63, 3.8) is 0 Å². The first kappa shape index (κ1) is 25.2. The average molecular weight is 465 g/mol. The Balaban J connectivity index is 2.01. The normalized spacial score (nSPS) is 12.2. The number of amides is 1. The number of methoxy groups -OCH3 is 1. The standard InChI is InChI=1S/C22H28N2O7S/c1-5-30-19-9-7-6-8-18(19)23-20(25)14-31-22(26)21(15(2)3)24-32(27,28)17-12-10-16(29-4)11-13-17/h6-13,15,21,24H,5,14H2,1-4H3,(H,23,25)/t21-/m0/s1. The second kappa shape index (κ2) is 11.5. The molecule has 174 valence electrons. The van der Waals surface area contributed by atoms with Gasteiger partial charge in [-0.25, -0.2) is 8.42 Å². The highest BCUT2D eigenvalue weighted by Crippen LogP contribution is 2.23. The van der Waals surface area contributed by atoms with Crippen LogP contribution in [0.5, 0.6) is 11.5 Å². The van der Waals surface area contributed by atoms with Gasteiger partial charge >= 0.3 is 5.97 Å². The van der Waals surface area contributed by atoms with Gasteiger partial charge in [-0.3, -0.25) is 9.59 Å². The van der Waals surface area contributed by atoms with Crippen LogP contribution < -0.4 is 19.5 Å². The number of nitrogens with one attached hydrogen (secondary N) is 2. The molecular formula is C22H28N2O7S. The molecule has 0 radical (unpaired) electrons. The minimum Gasteiger partial charge on any atom is -0.497 e. The molecule has 1 amide bonds. The van der Waals surface area contributed by atoms with Crippen molar-refractivity contribution in [1.29, 1.82) is 0 Å². The van der Waals surface area contributed by atoms with Crippen molar-refractivity contribution in [3.05, 3.63) is 48.5 Å². The summed E-state index contributed by atoms with van der Waals surface area (Å²) < 4.78 is 43.2. The molecular weight excluding hydrogens is 436 g/mol. The van der Waals surface area contributed by atoms with Crippen LogP contribution in [0.4, 0.5) is 5.69 Å². The molecule has 10 heteroatoms. The lowest BCUT2D eigenvalue weighted by atomic mass is 10.1. The number of hydrogen-bond acceptors (Lipinski definition) is 7. The molecule has 2 rings (SSSR count). The minimum absolute atomic E-state index is 0.0259. The lowest BCUT2D eigenvalue weighted by Gasteiger charge is -2.21. The van der Waals surface area contributed by atoms with Gasteiger partial charge in [0.05, 0.1) is 24.3 Å². The monoisotopic (exact) mass is 464 g/mol. The molecule has 0 saturated carbocycles. The summed E-state index contributed by atoms with van der Waals surface area (Å²) in [6.45, 7) is 5.00. The molecule has 0 fully saturated rings. The van der Waals surface area contributed by atoms with Crippen LogP contribution in [-0.2, 0) is 24.3 Å². The maximum absolute atomic E-state index is 12.7. The Morgan fingerprint density at radius 1 is 1.03 bits per heavy atom. The Kier molecular flexibility index (Phi) is 9.03. The topological polar surface area (TPSA) is 120 Å². The molecule has 0 heterocycles. The molecule has 0 saturated heterocycles. The highest BCUT2D eigenvalue weighted by atomic mass is 32.2. The molecule has 1 atom stereocenters. The molecule has 2 N–H and O–H groups in total. The van der Waals surface area contributed by atoms with Gasteiger partial charge in [-0.1, -0.05) is 26.0 Å². The van der Waals surface area contributed by atoms with E-state index in [1.54, 1.807) is 38.1 Å². The van der Waals surface area contributed by atoms with Crippen molar-refractivity contribution in [2.24, 2.45) is 5.92 Å². The summed E-state index contributed by atoms with van der Waals surface area (Å²) in [5.74, 6) is -0.865. The fraction of sp³-hybridized carbons (Fsp3) is 0.364. The summed E-state index contributed by atoms with van der Waals surface area (Å²) >= 11 is 0. The van der Waals surface area contributed by atoms with Crippen molar-refractivity contribution >= 4 is 27.6 Å². The third-order valence-corrected chi connectivity index (χ3v) is 5.84. The SMILES string of the molecule is CCOc1ccccc1NC(=O)COC(=O)[C@@H](NS(=O)(=O)c1ccc(OC)cc1)C(C)C. The Hall–Kier alpha value is -3.11. The number of anilines is 1. The average Bonchev–Trinajstić information content (AvgIpc) is 2.77. The van der Waals surface area contributed by atoms with E-state index in [1.165, 1.54) is 31.4 Å². The van der Waals surface area contributed by atoms with Gasteiger partial charge in [-0.05, 0) is 49.2 Å². The van der Waals surface area contributed by atoms with Gasteiger partial charge < -0.3 is 19.5 Å². The van der Waals surface area contributed by atoms with Crippen LogP contribution in [0.2, 0.25) is 0 Å². The number of benzene rings is 2. The molecule has 0 unspecified atom stereocenters. The quantitative estimate of drug-likeness (QED) is 0.491. The Labute approximate surface area is 188 Å². The summed E-state index contributed by atoms with van der Waals surface area (Å²) in [5, 5.41) is 2.61. The summed E-state index contributed by atoms with van der Waals surface area (Å²) in [6.07, 6.45) is 0. The van der Waals surface area contributed by atoms with Gasteiger partial charge in [0.25, 0.3) is 5.91 Å². The first-order chi connectivity index (χ1) is 15.2. The van der Waals surface area contributed by atoms with Crippen LogP contribution >= 0.6 is 0 Å². The first-order valence-corrected chi connectivity index (χ1v) is 11.5. The Bertz CT molecular complexity index is 1020. The number of esters is 1. The fourth-order valence-corrected chi connectivity index (χ4v) is 4.04. The van der Waals surface area contributed by atoms with Crippen molar-refractivity contribution in [1.82, 2.24) is 4.72 Å². The number of carbonyl (C=O) groups is 2. The lowest BCUT2D eigenvalue weighted by Crippen LogP contribution is -2.45. The summed E-state index contributed by atoms with van der Waals surface area (Å²) in [5.41, 5.74) is 0.441. The van der Waals surface area contributed by atoms with Gasteiger partial charge in [0.2, 0.25) is 10.0 Å². The summed E-state index contributed by atoms with van der Waals surface area (Å²) in [7, 11) is -2.53. The van der Waals surface area contributed by atoms with Crippen LogP contribution in [0.3, 0.4) is 0 Å². The smallest absolute Gasteiger partial charge is 0.324 e. The van der Waals surface area contributed by atoms with Crippen molar-refractivity contribution in [2.45, 2.75) is 31.7 Å². The summed E-state index contributed by atoms with van der Waals surface area (Å²) in [4.78, 5) is 24.8. The number of para-hydroxylation sites is 2. The van der Waals surface area contributed by atoms with E-state index in [1.807, 2.05) is 6.92 Å². The molecule has 0 aliphatic rings. The number of sulfonamides is 1. The lowest BCUT2D eigenvalue weighted by molar-refractivity contribution is -0.150. The van der Waals surface area contributed by atoms with Crippen LogP contribution in [0.15, 0.2) is 53.4 Å². The van der Waals surface area contributed by atoms with Crippen molar-refractivity contribution in [2.75, 3.05) is 25.6 Å². The van der Waals surface area contributed by atoms with Gasteiger partial charge in [-0.2, -0.15) is 4.72 Å². The third-order valence-electron chi connectivity index (χ3n) is 4.38. The molecule has 0 aromatic heterocycles. The van der Waals surface area contributed by atoms with E-state index >= 15 is 0 Å². The third kappa shape index (κ3) is 6.96. The molecule has 0 aliphatic carbocycles. The zero-order chi connectivity index (χ0) is 23.7. The first-order valence-electron chi connectivity index (χ1n) is 10.0. The van der Waals surface area contributed by atoms with E-state index in [9.17, 15) is 18.0 Å². The van der Waals surface area contributed by atoms with Gasteiger partial charge in [-0.15, -0.1) is 0 Å². The van der Waals surface area contributed by atoms with Crippen molar-refractivity contribution < 1.29 is 32.2 Å². The maximum atomic E-state index is 12.7. The molecule has 2 aromatic carbocycles. The predicted octanol–water partition coefficient (Wildman–Crippen LogP) is 2.58. The highest BCUT2D eigenvalue weighted by molar-refractivity contribution is 7.89. The second-order valence-corrected chi connectivity index (χ2v) is 8.82. The van der Waals surface area contributed by atoms with E-state index in [-0.39, 0.29) is 4.90 Å². The molecule has 0 bridgehead atoms. The molecule has 0 aliphatic heterocycles. The van der Waals surface area contributed by atoms with Gasteiger partial charge in [0.15, 0.2) is 6.61 Å². The molecule has 2 aromatic rings. The number of carbonyl (C=O) groups excluding carboxylic acids is 2. The van der Waals surface area contributed by atoms with Crippen LogP contribution in [0.1, 0.15) is 20.8 Å². The van der Waals surface area contributed by atoms with Crippen LogP contribution in [-0.4, -0.2) is 46.7 Å². The van der Waals surface area contributed by atoms with E-state index < -0.39 is 40.5 Å². The number of hydrogen-bond donors (Lipinski definition) is 2. The summed E-state index contributed by atoms with van der Waals surface area (Å²) in [6, 6.07) is 11.4. The highest BCUT2D eigenvalue weighted by Gasteiger charge is 2.30. The predicted molar refractivity (Wildman–Crippen MR) is 119 cm³/mol. The Morgan fingerprint density at radius 3 is 2.28 bits per heavy atom. The van der Waals surface area contributed by atoms with Crippen LogP contribution in [0, 0.1) is 5.92 Å². The van der Waals surface area contributed by atoms with Crippen LogP contribution in [0.25, 0.3) is 0 Å². The number of ether oxygens (including phenoxy) is 3.